The molecule has 0 atom stereocenters. The third-order valence-corrected chi connectivity index (χ3v) is 3.64. The SMILES string of the molecule is CCOc1cc2c(S)csc2cc1C. The van der Waals surface area contributed by atoms with Gasteiger partial charge in [-0.05, 0) is 31.5 Å². The molecule has 0 bridgehead atoms. The molecule has 1 aromatic carbocycles. The molecule has 0 saturated carbocycles. The van der Waals surface area contributed by atoms with Gasteiger partial charge < -0.3 is 4.74 Å². The summed E-state index contributed by atoms with van der Waals surface area (Å²) >= 11 is 6.13. The van der Waals surface area contributed by atoms with Crippen LogP contribution in [0.4, 0.5) is 0 Å². The zero-order valence-electron chi connectivity index (χ0n) is 8.20. The maximum Gasteiger partial charge on any atom is 0.122 e. The van der Waals surface area contributed by atoms with Crippen molar-refractivity contribution in [1.82, 2.24) is 0 Å². The van der Waals surface area contributed by atoms with Crippen LogP contribution in [0.15, 0.2) is 22.4 Å². The van der Waals surface area contributed by atoms with Crippen LogP contribution in [0.5, 0.6) is 5.75 Å². The van der Waals surface area contributed by atoms with Crippen molar-refractivity contribution in [3.63, 3.8) is 0 Å². The van der Waals surface area contributed by atoms with Crippen LogP contribution >= 0.6 is 24.0 Å². The number of thiol groups is 1. The maximum absolute atomic E-state index is 5.54. The average Bonchev–Trinajstić information content (AvgIpc) is 2.49. The summed E-state index contributed by atoms with van der Waals surface area (Å²) in [6, 6.07) is 4.23. The third kappa shape index (κ3) is 1.62. The zero-order valence-corrected chi connectivity index (χ0v) is 9.91. The molecule has 0 fully saturated rings. The number of benzene rings is 1. The maximum atomic E-state index is 5.54. The van der Waals surface area contributed by atoms with E-state index in [-0.39, 0.29) is 0 Å². The summed E-state index contributed by atoms with van der Waals surface area (Å²) in [6.45, 7) is 4.78. The van der Waals surface area contributed by atoms with E-state index in [0.717, 1.165) is 10.6 Å². The van der Waals surface area contributed by atoms with Crippen molar-refractivity contribution < 1.29 is 4.74 Å². The monoisotopic (exact) mass is 224 g/mol. The molecule has 0 amide bonds. The summed E-state index contributed by atoms with van der Waals surface area (Å²) in [4.78, 5) is 1.03. The van der Waals surface area contributed by atoms with E-state index in [0.29, 0.717) is 6.61 Å². The second-order valence-corrected chi connectivity index (χ2v) is 4.56. The van der Waals surface area contributed by atoms with Gasteiger partial charge in [-0.1, -0.05) is 0 Å². The van der Waals surface area contributed by atoms with Gasteiger partial charge in [0.05, 0.1) is 6.61 Å². The highest BCUT2D eigenvalue weighted by Crippen LogP contribution is 2.33. The number of aryl methyl sites for hydroxylation is 1. The molecular weight excluding hydrogens is 212 g/mol. The quantitative estimate of drug-likeness (QED) is 0.761. The van der Waals surface area contributed by atoms with Crippen molar-refractivity contribution in [1.29, 1.82) is 0 Å². The number of ether oxygens (including phenoxy) is 1. The van der Waals surface area contributed by atoms with E-state index >= 15 is 0 Å². The first-order chi connectivity index (χ1) is 6.72. The van der Waals surface area contributed by atoms with E-state index in [1.807, 2.05) is 6.92 Å². The minimum atomic E-state index is 0.707. The third-order valence-electron chi connectivity index (χ3n) is 2.15. The summed E-state index contributed by atoms with van der Waals surface area (Å²) in [5.74, 6) is 0.966. The van der Waals surface area contributed by atoms with Gasteiger partial charge in [0.2, 0.25) is 0 Å². The van der Waals surface area contributed by atoms with E-state index in [2.05, 4.69) is 37.1 Å². The Morgan fingerprint density at radius 2 is 2.21 bits per heavy atom. The minimum absolute atomic E-state index is 0.707. The zero-order chi connectivity index (χ0) is 10.1. The lowest BCUT2D eigenvalue weighted by Crippen LogP contribution is -1.93. The summed E-state index contributed by atoms with van der Waals surface area (Å²) in [5, 5.41) is 3.25. The van der Waals surface area contributed by atoms with Gasteiger partial charge in [-0.2, -0.15) is 0 Å². The van der Waals surface area contributed by atoms with E-state index in [1.165, 1.54) is 15.6 Å². The molecule has 0 saturated heterocycles. The molecule has 3 heteroatoms. The number of hydrogen-bond acceptors (Lipinski definition) is 3. The van der Waals surface area contributed by atoms with Crippen molar-refractivity contribution in [2.75, 3.05) is 6.61 Å². The molecule has 0 aliphatic heterocycles. The van der Waals surface area contributed by atoms with Crippen molar-refractivity contribution in [3.8, 4) is 5.75 Å². The van der Waals surface area contributed by atoms with E-state index < -0.39 is 0 Å². The number of thiophene rings is 1. The van der Waals surface area contributed by atoms with Crippen molar-refractivity contribution in [2.45, 2.75) is 18.7 Å². The topological polar surface area (TPSA) is 9.23 Å². The Bertz CT molecular complexity index is 460. The van der Waals surface area contributed by atoms with Gasteiger partial charge in [-0.15, -0.1) is 24.0 Å². The largest absolute Gasteiger partial charge is 0.494 e. The van der Waals surface area contributed by atoms with Crippen LogP contribution in [0.25, 0.3) is 10.1 Å². The molecule has 1 aromatic heterocycles. The van der Waals surface area contributed by atoms with E-state index in [1.54, 1.807) is 11.3 Å². The summed E-state index contributed by atoms with van der Waals surface area (Å²) in [5.41, 5.74) is 1.19. The Hall–Kier alpha value is -0.670. The first-order valence-electron chi connectivity index (χ1n) is 4.56. The molecule has 0 aliphatic carbocycles. The molecule has 0 spiro atoms. The molecule has 0 unspecified atom stereocenters. The lowest BCUT2D eigenvalue weighted by atomic mass is 10.2. The van der Waals surface area contributed by atoms with Crippen LogP contribution < -0.4 is 4.74 Å². The molecule has 2 aromatic rings. The highest BCUT2D eigenvalue weighted by Gasteiger charge is 2.05. The predicted octanol–water partition coefficient (Wildman–Crippen LogP) is 3.90. The molecule has 1 nitrogen and oxygen atoms in total. The first-order valence-corrected chi connectivity index (χ1v) is 5.88. The van der Waals surface area contributed by atoms with E-state index in [4.69, 9.17) is 4.74 Å². The van der Waals surface area contributed by atoms with Crippen LogP contribution in [0.3, 0.4) is 0 Å². The highest BCUT2D eigenvalue weighted by atomic mass is 32.1. The Balaban J connectivity index is 2.61. The van der Waals surface area contributed by atoms with Gasteiger partial charge in [-0.25, -0.2) is 0 Å². The van der Waals surface area contributed by atoms with Crippen molar-refractivity contribution in [3.05, 3.63) is 23.1 Å². The molecule has 1 heterocycles. The molecule has 2 rings (SSSR count). The Morgan fingerprint density at radius 1 is 1.43 bits per heavy atom. The average molecular weight is 224 g/mol. The van der Waals surface area contributed by atoms with Crippen LogP contribution in [0.1, 0.15) is 12.5 Å². The second-order valence-electron chi connectivity index (χ2n) is 3.17. The molecule has 14 heavy (non-hydrogen) atoms. The predicted molar refractivity (Wildman–Crippen MR) is 65.0 cm³/mol. The fourth-order valence-corrected chi connectivity index (χ4v) is 2.78. The summed E-state index contributed by atoms with van der Waals surface area (Å²) in [6.07, 6.45) is 0. The van der Waals surface area contributed by atoms with Gasteiger partial charge >= 0.3 is 0 Å². The lowest BCUT2D eigenvalue weighted by molar-refractivity contribution is 0.338. The van der Waals surface area contributed by atoms with E-state index in [9.17, 15) is 0 Å². The van der Waals surface area contributed by atoms with Gasteiger partial charge in [0.1, 0.15) is 5.75 Å². The van der Waals surface area contributed by atoms with Gasteiger partial charge in [0.15, 0.2) is 0 Å². The normalized spacial score (nSPS) is 10.8. The van der Waals surface area contributed by atoms with Crippen LogP contribution in [0, 0.1) is 6.92 Å². The number of rotatable bonds is 2. The standard InChI is InChI=1S/C11H12OS2/c1-3-12-9-5-8-10(13)6-14-11(8)4-7(9)2/h4-6,13H,3H2,1-2H3. The first kappa shape index (κ1) is 9.87. The number of fused-ring (bicyclic) bond motifs is 1. The number of hydrogen-bond donors (Lipinski definition) is 1. The second kappa shape index (κ2) is 3.83. The Morgan fingerprint density at radius 3 is 2.93 bits per heavy atom. The molecular formula is C11H12OS2. The summed E-state index contributed by atoms with van der Waals surface area (Å²) in [7, 11) is 0. The Labute approximate surface area is 93.1 Å². The summed E-state index contributed by atoms with van der Waals surface area (Å²) < 4.78 is 6.81. The molecule has 74 valence electrons. The van der Waals surface area contributed by atoms with Crippen molar-refractivity contribution in [2.24, 2.45) is 0 Å². The highest BCUT2D eigenvalue weighted by molar-refractivity contribution is 7.80. The van der Waals surface area contributed by atoms with Crippen LogP contribution in [0.2, 0.25) is 0 Å². The van der Waals surface area contributed by atoms with Gasteiger partial charge in [-0.3, -0.25) is 0 Å². The lowest BCUT2D eigenvalue weighted by Gasteiger charge is -2.06. The van der Waals surface area contributed by atoms with Crippen LogP contribution in [-0.4, -0.2) is 6.61 Å². The van der Waals surface area contributed by atoms with Gasteiger partial charge in [0.25, 0.3) is 0 Å². The minimum Gasteiger partial charge on any atom is -0.494 e. The van der Waals surface area contributed by atoms with Crippen molar-refractivity contribution >= 4 is 34.1 Å². The van der Waals surface area contributed by atoms with Gasteiger partial charge in [0, 0.05) is 20.4 Å². The van der Waals surface area contributed by atoms with Crippen LogP contribution in [-0.2, 0) is 0 Å². The fraction of sp³-hybridized carbons (Fsp3) is 0.273. The Kier molecular flexibility index (Phi) is 2.70. The molecule has 0 radical (unpaired) electrons. The molecule has 0 aliphatic rings. The fourth-order valence-electron chi connectivity index (χ4n) is 1.45. The smallest absolute Gasteiger partial charge is 0.122 e. The molecule has 0 N–H and O–H groups in total.